The number of likely N-dealkylation sites (tertiary alicyclic amines) is 1. The first kappa shape index (κ1) is 11.5. The molecule has 0 saturated carbocycles. The molecule has 0 aliphatic carbocycles. The Morgan fingerprint density at radius 3 is 2.79 bits per heavy atom. The van der Waals surface area contributed by atoms with E-state index in [0.29, 0.717) is 12.6 Å². The summed E-state index contributed by atoms with van der Waals surface area (Å²) in [6.07, 6.45) is 4.26. The minimum atomic E-state index is 0.0561. The van der Waals surface area contributed by atoms with E-state index in [1.165, 1.54) is 0 Å². The Kier molecular flexibility index (Phi) is 4.39. The van der Waals surface area contributed by atoms with Gasteiger partial charge >= 0.3 is 0 Å². The third-order valence-electron chi connectivity index (χ3n) is 3.11. The number of amides is 1. The zero-order valence-electron chi connectivity index (χ0n) is 9.33. The molecular formula is C11H22N2O. The molecule has 2 atom stereocenters. The highest BCUT2D eigenvalue weighted by atomic mass is 16.2. The zero-order chi connectivity index (χ0) is 10.6. The van der Waals surface area contributed by atoms with Crippen LogP contribution in [0.25, 0.3) is 0 Å². The van der Waals surface area contributed by atoms with Crippen molar-refractivity contribution in [3.05, 3.63) is 0 Å². The summed E-state index contributed by atoms with van der Waals surface area (Å²) in [7, 11) is 0. The Morgan fingerprint density at radius 1 is 1.64 bits per heavy atom. The number of hydrogen-bond donors (Lipinski definition) is 1. The van der Waals surface area contributed by atoms with E-state index in [9.17, 15) is 4.79 Å². The van der Waals surface area contributed by atoms with Crippen molar-refractivity contribution in [1.29, 1.82) is 0 Å². The number of carbonyl (C=O) groups is 1. The van der Waals surface area contributed by atoms with Gasteiger partial charge in [-0.2, -0.15) is 0 Å². The van der Waals surface area contributed by atoms with Crippen LogP contribution in [-0.4, -0.2) is 29.9 Å². The van der Waals surface area contributed by atoms with Gasteiger partial charge in [-0.05, 0) is 26.2 Å². The summed E-state index contributed by atoms with van der Waals surface area (Å²) in [5.41, 5.74) is 5.63. The molecule has 3 nitrogen and oxygen atoms in total. The second-order valence-electron chi connectivity index (χ2n) is 4.24. The van der Waals surface area contributed by atoms with Gasteiger partial charge in [-0.25, -0.2) is 0 Å². The molecule has 2 unspecified atom stereocenters. The largest absolute Gasteiger partial charge is 0.340 e. The maximum atomic E-state index is 12.0. The van der Waals surface area contributed by atoms with Gasteiger partial charge in [0, 0.05) is 19.1 Å². The molecule has 2 N–H and O–H groups in total. The number of nitrogens with zero attached hydrogens (tertiary/aromatic N) is 1. The van der Waals surface area contributed by atoms with Crippen LogP contribution in [0.4, 0.5) is 0 Å². The maximum absolute atomic E-state index is 12.0. The molecule has 0 spiro atoms. The molecule has 1 heterocycles. The van der Waals surface area contributed by atoms with Gasteiger partial charge in [0.05, 0.1) is 5.92 Å². The predicted molar refractivity (Wildman–Crippen MR) is 57.9 cm³/mol. The average molecular weight is 198 g/mol. The van der Waals surface area contributed by atoms with Gasteiger partial charge in [-0.15, -0.1) is 0 Å². The summed E-state index contributed by atoms with van der Waals surface area (Å²) in [6, 6.07) is 0.424. The Labute approximate surface area is 86.6 Å². The molecular weight excluding hydrogens is 176 g/mol. The molecule has 0 bridgehead atoms. The second-order valence-corrected chi connectivity index (χ2v) is 4.24. The van der Waals surface area contributed by atoms with E-state index in [1.54, 1.807) is 0 Å². The van der Waals surface area contributed by atoms with Gasteiger partial charge in [0.15, 0.2) is 0 Å². The fourth-order valence-electron chi connectivity index (χ4n) is 2.19. The third-order valence-corrected chi connectivity index (χ3v) is 3.11. The molecule has 0 aromatic rings. The standard InChI is InChI=1S/C11H22N2O/c1-3-5-10(8-12)11(14)13-7-4-6-9(13)2/h9-10H,3-8,12H2,1-2H3. The van der Waals surface area contributed by atoms with Crippen molar-refractivity contribution < 1.29 is 4.79 Å². The number of nitrogens with two attached hydrogens (primary N) is 1. The Balaban J connectivity index is 2.52. The lowest BCUT2D eigenvalue weighted by molar-refractivity contribution is -0.136. The van der Waals surface area contributed by atoms with Gasteiger partial charge in [-0.1, -0.05) is 13.3 Å². The molecule has 0 aromatic heterocycles. The summed E-state index contributed by atoms with van der Waals surface area (Å²) >= 11 is 0. The normalized spacial score (nSPS) is 23.9. The summed E-state index contributed by atoms with van der Waals surface area (Å²) in [6.45, 7) is 5.66. The van der Waals surface area contributed by atoms with Crippen LogP contribution in [0.15, 0.2) is 0 Å². The van der Waals surface area contributed by atoms with E-state index in [0.717, 1.165) is 32.2 Å². The summed E-state index contributed by atoms with van der Waals surface area (Å²) in [5.74, 6) is 0.333. The smallest absolute Gasteiger partial charge is 0.227 e. The van der Waals surface area contributed by atoms with Gasteiger partial charge in [0.2, 0.25) is 5.91 Å². The number of carbonyl (C=O) groups excluding carboxylic acids is 1. The van der Waals surface area contributed by atoms with Crippen molar-refractivity contribution in [2.24, 2.45) is 11.7 Å². The van der Waals surface area contributed by atoms with Gasteiger partial charge in [-0.3, -0.25) is 4.79 Å². The highest BCUT2D eigenvalue weighted by molar-refractivity contribution is 5.79. The molecule has 1 aliphatic rings. The van der Waals surface area contributed by atoms with E-state index in [4.69, 9.17) is 5.73 Å². The maximum Gasteiger partial charge on any atom is 0.227 e. The topological polar surface area (TPSA) is 46.3 Å². The second kappa shape index (κ2) is 5.35. The fourth-order valence-corrected chi connectivity index (χ4v) is 2.19. The van der Waals surface area contributed by atoms with Crippen LogP contribution >= 0.6 is 0 Å². The first-order valence-corrected chi connectivity index (χ1v) is 5.71. The molecule has 3 heteroatoms. The van der Waals surface area contributed by atoms with Gasteiger partial charge in [0.25, 0.3) is 0 Å². The van der Waals surface area contributed by atoms with Crippen LogP contribution in [0.2, 0.25) is 0 Å². The van der Waals surface area contributed by atoms with E-state index in [1.807, 2.05) is 4.90 Å². The van der Waals surface area contributed by atoms with E-state index in [-0.39, 0.29) is 11.8 Å². The Morgan fingerprint density at radius 2 is 2.36 bits per heavy atom. The van der Waals surface area contributed by atoms with Crippen LogP contribution in [-0.2, 0) is 4.79 Å². The van der Waals surface area contributed by atoms with E-state index < -0.39 is 0 Å². The third kappa shape index (κ3) is 2.47. The SMILES string of the molecule is CCCC(CN)C(=O)N1CCCC1C. The van der Waals surface area contributed by atoms with Crippen LogP contribution in [0.3, 0.4) is 0 Å². The van der Waals surface area contributed by atoms with Gasteiger partial charge in [0.1, 0.15) is 0 Å². The number of rotatable bonds is 4. The lowest BCUT2D eigenvalue weighted by atomic mass is 10.0. The van der Waals surface area contributed by atoms with Crippen molar-refractivity contribution in [2.45, 2.75) is 45.6 Å². The van der Waals surface area contributed by atoms with Crippen LogP contribution < -0.4 is 5.73 Å². The monoisotopic (exact) mass is 198 g/mol. The van der Waals surface area contributed by atoms with Gasteiger partial charge < -0.3 is 10.6 Å². The van der Waals surface area contributed by atoms with Crippen molar-refractivity contribution in [3.8, 4) is 0 Å². The van der Waals surface area contributed by atoms with Crippen molar-refractivity contribution >= 4 is 5.91 Å². The summed E-state index contributed by atoms with van der Waals surface area (Å²) in [4.78, 5) is 14.0. The quantitative estimate of drug-likeness (QED) is 0.741. The molecule has 1 fully saturated rings. The van der Waals surface area contributed by atoms with Crippen LogP contribution in [0.1, 0.15) is 39.5 Å². The van der Waals surface area contributed by atoms with Crippen LogP contribution in [0, 0.1) is 5.92 Å². The number of hydrogen-bond acceptors (Lipinski definition) is 2. The predicted octanol–water partition coefficient (Wildman–Crippen LogP) is 1.37. The molecule has 1 amide bonds. The van der Waals surface area contributed by atoms with Crippen molar-refractivity contribution in [1.82, 2.24) is 4.90 Å². The summed E-state index contributed by atoms with van der Waals surface area (Å²) < 4.78 is 0. The van der Waals surface area contributed by atoms with E-state index >= 15 is 0 Å². The van der Waals surface area contributed by atoms with Crippen LogP contribution in [0.5, 0.6) is 0 Å². The molecule has 0 aromatic carbocycles. The molecule has 1 rings (SSSR count). The fraction of sp³-hybridized carbons (Fsp3) is 0.909. The highest BCUT2D eigenvalue weighted by Gasteiger charge is 2.29. The molecule has 1 saturated heterocycles. The minimum absolute atomic E-state index is 0.0561. The zero-order valence-corrected chi connectivity index (χ0v) is 9.33. The first-order chi connectivity index (χ1) is 6.70. The Hall–Kier alpha value is -0.570. The summed E-state index contributed by atoms with van der Waals surface area (Å²) in [5, 5.41) is 0. The average Bonchev–Trinajstić information content (AvgIpc) is 2.59. The van der Waals surface area contributed by atoms with Crippen molar-refractivity contribution in [2.75, 3.05) is 13.1 Å². The minimum Gasteiger partial charge on any atom is -0.340 e. The Bertz CT molecular complexity index is 194. The molecule has 0 radical (unpaired) electrons. The molecule has 14 heavy (non-hydrogen) atoms. The first-order valence-electron chi connectivity index (χ1n) is 5.71. The molecule has 82 valence electrons. The highest BCUT2D eigenvalue weighted by Crippen LogP contribution is 2.20. The van der Waals surface area contributed by atoms with Crippen molar-refractivity contribution in [3.63, 3.8) is 0 Å². The lowest BCUT2D eigenvalue weighted by Crippen LogP contribution is -2.40. The van der Waals surface area contributed by atoms with E-state index in [2.05, 4.69) is 13.8 Å². The lowest BCUT2D eigenvalue weighted by Gasteiger charge is -2.26. The molecule has 1 aliphatic heterocycles.